The minimum Gasteiger partial charge on any atom is -0.312 e. The Morgan fingerprint density at radius 1 is 1.33 bits per heavy atom. The Morgan fingerprint density at radius 3 is 2.90 bits per heavy atom. The van der Waals surface area contributed by atoms with Crippen molar-refractivity contribution in [2.24, 2.45) is 0 Å². The lowest BCUT2D eigenvalue weighted by molar-refractivity contribution is 0.545. The number of hydrogen-bond donors (Lipinski definition) is 2. The van der Waals surface area contributed by atoms with Gasteiger partial charge in [-0.25, -0.2) is 13.1 Å². The van der Waals surface area contributed by atoms with Crippen molar-refractivity contribution >= 4 is 20.8 Å². The molecule has 0 aliphatic heterocycles. The molecule has 1 aromatic heterocycles. The van der Waals surface area contributed by atoms with Gasteiger partial charge in [-0.15, -0.1) is 6.58 Å². The fourth-order valence-corrected chi connectivity index (χ4v) is 3.28. The van der Waals surface area contributed by atoms with E-state index in [1.165, 1.54) is 0 Å². The number of rotatable bonds is 7. The van der Waals surface area contributed by atoms with Gasteiger partial charge in [-0.1, -0.05) is 12.1 Å². The zero-order chi connectivity index (χ0) is 15.3. The molecule has 2 rings (SSSR count). The van der Waals surface area contributed by atoms with Crippen LogP contribution in [0.2, 0.25) is 0 Å². The van der Waals surface area contributed by atoms with Gasteiger partial charge in [0.15, 0.2) is 0 Å². The van der Waals surface area contributed by atoms with Crippen LogP contribution in [0.5, 0.6) is 0 Å². The number of pyridine rings is 1. The topological polar surface area (TPSA) is 71.1 Å². The Balaban J connectivity index is 2.15. The molecule has 0 aliphatic carbocycles. The van der Waals surface area contributed by atoms with E-state index in [4.69, 9.17) is 0 Å². The van der Waals surface area contributed by atoms with Crippen LogP contribution in [0.3, 0.4) is 0 Å². The molecule has 1 aromatic carbocycles. The highest BCUT2D eigenvalue weighted by atomic mass is 32.2. The molecule has 0 unspecified atom stereocenters. The second-order valence-corrected chi connectivity index (χ2v) is 6.57. The first-order chi connectivity index (χ1) is 10.0. The normalized spacial score (nSPS) is 13.2. The molecule has 0 saturated heterocycles. The Bertz CT molecular complexity index is 729. The zero-order valence-corrected chi connectivity index (χ0v) is 12.7. The van der Waals surface area contributed by atoms with Crippen molar-refractivity contribution in [1.82, 2.24) is 15.0 Å². The zero-order valence-electron chi connectivity index (χ0n) is 11.9. The number of benzene rings is 1. The van der Waals surface area contributed by atoms with Gasteiger partial charge in [-0.2, -0.15) is 0 Å². The molecule has 2 aromatic rings. The molecule has 0 aliphatic rings. The number of hydrogen-bond acceptors (Lipinski definition) is 4. The Morgan fingerprint density at radius 2 is 2.14 bits per heavy atom. The van der Waals surface area contributed by atoms with Gasteiger partial charge in [-0.3, -0.25) is 4.98 Å². The van der Waals surface area contributed by atoms with E-state index in [1.807, 2.05) is 6.92 Å². The van der Waals surface area contributed by atoms with Gasteiger partial charge in [0, 0.05) is 36.9 Å². The first-order valence-electron chi connectivity index (χ1n) is 6.70. The second-order valence-electron chi connectivity index (χ2n) is 4.85. The van der Waals surface area contributed by atoms with Crippen molar-refractivity contribution in [1.29, 1.82) is 0 Å². The summed E-state index contributed by atoms with van der Waals surface area (Å²) in [6, 6.07) is 6.60. The summed E-state index contributed by atoms with van der Waals surface area (Å²) in [5.74, 6) is 0. The van der Waals surface area contributed by atoms with Crippen molar-refractivity contribution in [2.75, 3.05) is 13.1 Å². The van der Waals surface area contributed by atoms with Crippen LogP contribution in [0.1, 0.15) is 6.92 Å². The average Bonchev–Trinajstić information content (AvgIpc) is 2.46. The molecule has 2 N–H and O–H groups in total. The third kappa shape index (κ3) is 4.10. The van der Waals surface area contributed by atoms with Crippen molar-refractivity contribution in [3.8, 4) is 0 Å². The summed E-state index contributed by atoms with van der Waals surface area (Å²) < 4.78 is 27.3. The predicted octanol–water partition coefficient (Wildman–Crippen LogP) is 1.68. The van der Waals surface area contributed by atoms with E-state index < -0.39 is 10.0 Å². The minimum absolute atomic E-state index is 0.205. The molecule has 0 bridgehead atoms. The van der Waals surface area contributed by atoms with Crippen molar-refractivity contribution in [3.05, 3.63) is 49.3 Å². The SMILES string of the molecule is C=CCNC[C@@H](C)NS(=O)(=O)c1ccc2cnccc2c1. The molecule has 0 saturated carbocycles. The van der Waals surface area contributed by atoms with E-state index in [1.54, 1.807) is 42.7 Å². The molecule has 6 heteroatoms. The molecule has 0 fully saturated rings. The van der Waals surface area contributed by atoms with Crippen LogP contribution in [0.4, 0.5) is 0 Å². The number of nitrogens with one attached hydrogen (secondary N) is 2. The molecule has 1 heterocycles. The molecule has 0 spiro atoms. The molecule has 0 radical (unpaired) electrons. The monoisotopic (exact) mass is 305 g/mol. The van der Waals surface area contributed by atoms with Gasteiger partial charge in [0.1, 0.15) is 0 Å². The summed E-state index contributed by atoms with van der Waals surface area (Å²) >= 11 is 0. The summed E-state index contributed by atoms with van der Waals surface area (Å²) in [6.07, 6.45) is 5.09. The van der Waals surface area contributed by atoms with Crippen LogP contribution in [-0.4, -0.2) is 32.5 Å². The van der Waals surface area contributed by atoms with E-state index in [-0.39, 0.29) is 10.9 Å². The van der Waals surface area contributed by atoms with E-state index in [0.717, 1.165) is 10.8 Å². The third-order valence-electron chi connectivity index (χ3n) is 3.02. The molecular weight excluding hydrogens is 286 g/mol. The molecule has 1 atom stereocenters. The largest absolute Gasteiger partial charge is 0.312 e. The first kappa shape index (κ1) is 15.6. The van der Waals surface area contributed by atoms with E-state index in [0.29, 0.717) is 13.1 Å². The highest BCUT2D eigenvalue weighted by molar-refractivity contribution is 7.89. The van der Waals surface area contributed by atoms with Crippen LogP contribution in [0, 0.1) is 0 Å². The minimum atomic E-state index is -3.52. The lowest BCUT2D eigenvalue weighted by Crippen LogP contribution is -2.39. The smallest absolute Gasteiger partial charge is 0.240 e. The maximum Gasteiger partial charge on any atom is 0.240 e. The maximum atomic E-state index is 12.3. The molecular formula is C15H19N3O2S. The standard InChI is InChI=1S/C15H19N3O2S/c1-3-7-16-10-12(2)18-21(19,20)15-5-4-14-11-17-8-6-13(14)9-15/h3-6,8-9,11-12,16,18H,1,7,10H2,2H3/t12-/m1/s1. The van der Waals surface area contributed by atoms with Gasteiger partial charge in [0.05, 0.1) is 4.90 Å². The first-order valence-corrected chi connectivity index (χ1v) is 8.19. The molecule has 5 nitrogen and oxygen atoms in total. The van der Waals surface area contributed by atoms with Gasteiger partial charge >= 0.3 is 0 Å². The summed E-state index contributed by atoms with van der Waals surface area (Å²) in [7, 11) is -3.52. The summed E-state index contributed by atoms with van der Waals surface area (Å²) in [5, 5.41) is 4.85. The number of sulfonamides is 1. The van der Waals surface area contributed by atoms with Gasteiger partial charge in [-0.05, 0) is 30.5 Å². The van der Waals surface area contributed by atoms with Crippen LogP contribution >= 0.6 is 0 Å². The molecule has 112 valence electrons. The van der Waals surface area contributed by atoms with Crippen molar-refractivity contribution in [3.63, 3.8) is 0 Å². The van der Waals surface area contributed by atoms with Gasteiger partial charge < -0.3 is 5.32 Å². The fraction of sp³-hybridized carbons (Fsp3) is 0.267. The third-order valence-corrected chi connectivity index (χ3v) is 4.61. The fourth-order valence-electron chi connectivity index (χ4n) is 2.01. The Kier molecular flexibility index (Phi) is 5.06. The lowest BCUT2D eigenvalue weighted by Gasteiger charge is -2.14. The lowest BCUT2D eigenvalue weighted by atomic mass is 10.2. The van der Waals surface area contributed by atoms with Gasteiger partial charge in [0.2, 0.25) is 10.0 Å². The van der Waals surface area contributed by atoms with E-state index in [2.05, 4.69) is 21.6 Å². The highest BCUT2D eigenvalue weighted by Crippen LogP contribution is 2.18. The van der Waals surface area contributed by atoms with Crippen molar-refractivity contribution in [2.45, 2.75) is 17.9 Å². The van der Waals surface area contributed by atoms with Crippen LogP contribution in [0.15, 0.2) is 54.2 Å². The summed E-state index contributed by atoms with van der Waals surface area (Å²) in [4.78, 5) is 4.27. The van der Waals surface area contributed by atoms with Crippen LogP contribution < -0.4 is 10.0 Å². The Hall–Kier alpha value is -1.76. The second kappa shape index (κ2) is 6.80. The van der Waals surface area contributed by atoms with E-state index in [9.17, 15) is 8.42 Å². The highest BCUT2D eigenvalue weighted by Gasteiger charge is 2.17. The summed E-state index contributed by atoms with van der Waals surface area (Å²) in [5.41, 5.74) is 0. The van der Waals surface area contributed by atoms with E-state index >= 15 is 0 Å². The maximum absolute atomic E-state index is 12.3. The number of fused-ring (bicyclic) bond motifs is 1. The number of nitrogens with zero attached hydrogens (tertiary/aromatic N) is 1. The number of aromatic nitrogens is 1. The summed E-state index contributed by atoms with van der Waals surface area (Å²) in [6.45, 7) is 6.61. The Labute approximate surface area is 125 Å². The molecule has 21 heavy (non-hydrogen) atoms. The van der Waals surface area contributed by atoms with Crippen LogP contribution in [0.25, 0.3) is 10.8 Å². The van der Waals surface area contributed by atoms with Crippen molar-refractivity contribution < 1.29 is 8.42 Å². The quantitative estimate of drug-likeness (QED) is 0.603. The predicted molar refractivity (Wildman–Crippen MR) is 84.6 cm³/mol. The van der Waals surface area contributed by atoms with Gasteiger partial charge in [0.25, 0.3) is 0 Å². The van der Waals surface area contributed by atoms with Crippen LogP contribution in [-0.2, 0) is 10.0 Å². The molecule has 0 amide bonds. The average molecular weight is 305 g/mol.